The van der Waals surface area contributed by atoms with Crippen molar-refractivity contribution in [2.24, 2.45) is 11.3 Å². The van der Waals surface area contributed by atoms with E-state index in [0.29, 0.717) is 0 Å². The second-order valence-electron chi connectivity index (χ2n) is 6.22. The van der Waals surface area contributed by atoms with E-state index < -0.39 is 0 Å². The number of aromatic nitrogens is 2. The summed E-state index contributed by atoms with van der Waals surface area (Å²) in [5, 5.41) is 14.3. The lowest BCUT2D eigenvalue weighted by molar-refractivity contribution is 0.202. The maximum absolute atomic E-state index is 9.71. The Morgan fingerprint density at radius 2 is 2.05 bits per heavy atom. The Morgan fingerprint density at radius 1 is 1.35 bits per heavy atom. The molecule has 0 aliphatic heterocycles. The van der Waals surface area contributed by atoms with Gasteiger partial charge in [0.25, 0.3) is 0 Å². The molecule has 1 fully saturated rings. The van der Waals surface area contributed by atoms with E-state index in [1.807, 2.05) is 0 Å². The fraction of sp³-hybridized carbons (Fsp3) is 0.765. The average Bonchev–Trinajstić information content (AvgIpc) is 2.90. The molecule has 0 radical (unpaired) electrons. The van der Waals surface area contributed by atoms with Gasteiger partial charge >= 0.3 is 0 Å². The highest BCUT2D eigenvalue weighted by molar-refractivity contribution is 5.16. The smallest absolute Gasteiger partial charge is 0.0693 e. The van der Waals surface area contributed by atoms with Crippen LogP contribution in [0.3, 0.4) is 0 Å². The summed E-state index contributed by atoms with van der Waals surface area (Å²) in [5.41, 5.74) is 2.25. The summed E-state index contributed by atoms with van der Waals surface area (Å²) < 4.78 is 2.09. The number of hydrogen-bond acceptors (Lipinski definition) is 2. The Labute approximate surface area is 123 Å². The van der Waals surface area contributed by atoms with Crippen LogP contribution in [0.5, 0.6) is 0 Å². The monoisotopic (exact) mass is 273 g/mol. The summed E-state index contributed by atoms with van der Waals surface area (Å²) in [6, 6.07) is 4.85. The summed E-state index contributed by atoms with van der Waals surface area (Å²) in [5.74, 6) is 0.832. The topological polar surface area (TPSA) is 41.6 Å². The molecule has 0 spiro atoms. The third kappa shape index (κ3) is 3.06. The molecule has 1 saturated carbocycles. The highest BCUT2D eigenvalue weighted by Crippen LogP contribution is 2.42. The molecule has 0 bridgehead atoms. The lowest BCUT2D eigenvalue weighted by atomic mass is 9.68. The van der Waals surface area contributed by atoms with Crippen molar-refractivity contribution in [2.75, 3.05) is 0 Å². The van der Waals surface area contributed by atoms with E-state index in [0.717, 1.165) is 43.8 Å². The lowest BCUT2D eigenvalue weighted by Gasteiger charge is -2.34. The van der Waals surface area contributed by atoms with Gasteiger partial charge in [0.05, 0.1) is 17.2 Å². The molecule has 110 valence electrons. The van der Waals surface area contributed by atoms with Gasteiger partial charge in [-0.2, -0.15) is 10.4 Å². The lowest BCUT2D eigenvalue weighted by Crippen LogP contribution is -2.29. The number of aryl methyl sites for hydroxylation is 2. The third-order valence-corrected chi connectivity index (χ3v) is 4.97. The summed E-state index contributed by atoms with van der Waals surface area (Å²) in [6.45, 7) is 7.43. The maximum Gasteiger partial charge on any atom is 0.0693 e. The van der Waals surface area contributed by atoms with Crippen LogP contribution >= 0.6 is 0 Å². The molecular weight excluding hydrogens is 246 g/mol. The molecule has 1 aromatic heterocycles. The Kier molecular flexibility index (Phi) is 4.86. The molecule has 1 aliphatic carbocycles. The summed E-state index contributed by atoms with van der Waals surface area (Å²) >= 11 is 0. The van der Waals surface area contributed by atoms with Crippen LogP contribution in [-0.2, 0) is 19.4 Å². The van der Waals surface area contributed by atoms with Gasteiger partial charge < -0.3 is 0 Å². The molecule has 0 N–H and O–H groups in total. The first-order valence-electron chi connectivity index (χ1n) is 8.13. The number of rotatable bonds is 5. The number of nitriles is 1. The van der Waals surface area contributed by atoms with Crippen molar-refractivity contribution in [3.05, 3.63) is 17.5 Å². The van der Waals surface area contributed by atoms with Crippen LogP contribution in [0.25, 0.3) is 0 Å². The largest absolute Gasteiger partial charge is 0.270 e. The second kappa shape index (κ2) is 6.43. The standard InChI is InChI=1S/C17H27N3/c1-4-14-7-9-17(13-18,10-8-14)12-16-11-15(5-2)19-20(16)6-3/h11,14H,4-10,12H2,1-3H3. The minimum Gasteiger partial charge on any atom is -0.270 e. The first-order valence-corrected chi connectivity index (χ1v) is 8.13. The Balaban J connectivity index is 2.14. The Bertz CT molecular complexity index is 473. The van der Waals surface area contributed by atoms with Crippen LogP contribution in [-0.4, -0.2) is 9.78 Å². The Morgan fingerprint density at radius 3 is 2.55 bits per heavy atom. The van der Waals surface area contributed by atoms with Crippen molar-refractivity contribution < 1.29 is 0 Å². The van der Waals surface area contributed by atoms with Gasteiger partial charge in [-0.15, -0.1) is 0 Å². The zero-order chi connectivity index (χ0) is 14.6. The third-order valence-electron chi connectivity index (χ3n) is 4.97. The van der Waals surface area contributed by atoms with Crippen molar-refractivity contribution in [1.29, 1.82) is 5.26 Å². The SMILES string of the molecule is CCc1cc(CC2(C#N)CCC(CC)CC2)n(CC)n1. The highest BCUT2D eigenvalue weighted by atomic mass is 15.3. The zero-order valence-corrected chi connectivity index (χ0v) is 13.2. The van der Waals surface area contributed by atoms with Gasteiger partial charge in [0.2, 0.25) is 0 Å². The van der Waals surface area contributed by atoms with Crippen LogP contribution in [0.2, 0.25) is 0 Å². The van der Waals surface area contributed by atoms with E-state index in [9.17, 15) is 5.26 Å². The average molecular weight is 273 g/mol. The predicted molar refractivity (Wildman–Crippen MR) is 81.3 cm³/mol. The molecule has 2 rings (SSSR count). The number of nitrogens with zero attached hydrogens (tertiary/aromatic N) is 3. The summed E-state index contributed by atoms with van der Waals surface area (Å²) in [7, 11) is 0. The fourth-order valence-corrected chi connectivity index (χ4v) is 3.42. The van der Waals surface area contributed by atoms with Gasteiger partial charge in [0, 0.05) is 18.7 Å². The molecule has 20 heavy (non-hydrogen) atoms. The normalized spacial score (nSPS) is 26.4. The first-order chi connectivity index (χ1) is 9.66. The molecule has 0 unspecified atom stereocenters. The van der Waals surface area contributed by atoms with E-state index in [-0.39, 0.29) is 5.41 Å². The van der Waals surface area contributed by atoms with Crippen LogP contribution in [0.15, 0.2) is 6.07 Å². The van der Waals surface area contributed by atoms with Crippen molar-refractivity contribution in [3.63, 3.8) is 0 Å². The van der Waals surface area contributed by atoms with E-state index in [2.05, 4.69) is 42.7 Å². The van der Waals surface area contributed by atoms with E-state index in [1.165, 1.54) is 25.0 Å². The van der Waals surface area contributed by atoms with E-state index >= 15 is 0 Å². The van der Waals surface area contributed by atoms with Crippen LogP contribution in [0.4, 0.5) is 0 Å². The summed E-state index contributed by atoms with van der Waals surface area (Å²) in [6.07, 6.45) is 7.64. The van der Waals surface area contributed by atoms with Gasteiger partial charge in [0.15, 0.2) is 0 Å². The zero-order valence-electron chi connectivity index (χ0n) is 13.2. The minimum absolute atomic E-state index is 0.149. The molecule has 3 nitrogen and oxygen atoms in total. The molecule has 1 heterocycles. The molecular formula is C17H27N3. The van der Waals surface area contributed by atoms with Crippen LogP contribution in [0, 0.1) is 22.7 Å². The molecule has 3 heteroatoms. The van der Waals surface area contributed by atoms with Crippen molar-refractivity contribution in [2.45, 2.75) is 72.3 Å². The van der Waals surface area contributed by atoms with Crippen LogP contribution < -0.4 is 0 Å². The van der Waals surface area contributed by atoms with Gasteiger partial charge in [0.1, 0.15) is 0 Å². The first kappa shape index (κ1) is 15.1. The fourth-order valence-electron chi connectivity index (χ4n) is 3.42. The van der Waals surface area contributed by atoms with E-state index in [1.54, 1.807) is 0 Å². The molecule has 0 amide bonds. The summed E-state index contributed by atoms with van der Waals surface area (Å²) in [4.78, 5) is 0. The van der Waals surface area contributed by atoms with Crippen molar-refractivity contribution >= 4 is 0 Å². The molecule has 0 saturated heterocycles. The number of hydrogen-bond donors (Lipinski definition) is 0. The minimum atomic E-state index is -0.149. The molecule has 1 aromatic rings. The van der Waals surface area contributed by atoms with E-state index in [4.69, 9.17) is 0 Å². The quantitative estimate of drug-likeness (QED) is 0.810. The predicted octanol–water partition coefficient (Wildman–Crippen LogP) is 4.12. The van der Waals surface area contributed by atoms with Gasteiger partial charge in [-0.25, -0.2) is 0 Å². The maximum atomic E-state index is 9.71. The van der Waals surface area contributed by atoms with Crippen LogP contribution in [0.1, 0.15) is 64.3 Å². The van der Waals surface area contributed by atoms with Crippen molar-refractivity contribution in [1.82, 2.24) is 9.78 Å². The second-order valence-corrected chi connectivity index (χ2v) is 6.22. The molecule has 0 atom stereocenters. The van der Waals surface area contributed by atoms with Gasteiger partial charge in [-0.3, -0.25) is 4.68 Å². The highest BCUT2D eigenvalue weighted by Gasteiger charge is 2.36. The van der Waals surface area contributed by atoms with Gasteiger partial charge in [-0.05, 0) is 51.0 Å². The Hall–Kier alpha value is -1.30. The van der Waals surface area contributed by atoms with Gasteiger partial charge in [-0.1, -0.05) is 20.3 Å². The molecule has 0 aromatic carbocycles. The molecule has 1 aliphatic rings. The van der Waals surface area contributed by atoms with Crippen molar-refractivity contribution in [3.8, 4) is 6.07 Å².